The van der Waals surface area contributed by atoms with Crippen LogP contribution in [0.1, 0.15) is 61.8 Å². The molecule has 5 nitrogen and oxygen atoms in total. The van der Waals surface area contributed by atoms with E-state index in [-0.39, 0.29) is 0 Å². The van der Waals surface area contributed by atoms with E-state index < -0.39 is 0 Å². The smallest absolute Gasteiger partial charge is 0.224 e. The van der Waals surface area contributed by atoms with Crippen LogP contribution in [0.3, 0.4) is 0 Å². The summed E-state index contributed by atoms with van der Waals surface area (Å²) in [5.41, 5.74) is 4.08. The lowest BCUT2D eigenvalue weighted by Gasteiger charge is -2.26. The Kier molecular flexibility index (Phi) is 7.57. The van der Waals surface area contributed by atoms with Crippen LogP contribution >= 0.6 is 0 Å². The van der Waals surface area contributed by atoms with Crippen molar-refractivity contribution in [3.05, 3.63) is 47.2 Å². The minimum Gasteiger partial charge on any atom is -0.356 e. The summed E-state index contributed by atoms with van der Waals surface area (Å²) in [5.74, 6) is 2.05. The normalized spacial score (nSPS) is 17.3. The van der Waals surface area contributed by atoms with E-state index in [4.69, 9.17) is 9.97 Å². The molecule has 0 saturated carbocycles. The molecule has 0 spiro atoms. The van der Waals surface area contributed by atoms with Gasteiger partial charge < -0.3 is 15.1 Å². The van der Waals surface area contributed by atoms with Gasteiger partial charge in [-0.05, 0) is 51.1 Å². The summed E-state index contributed by atoms with van der Waals surface area (Å²) in [5, 5.41) is 3.54. The Morgan fingerprint density at radius 2 is 1.63 bits per heavy atom. The number of benzene rings is 1. The van der Waals surface area contributed by atoms with E-state index in [0.29, 0.717) is 0 Å². The van der Waals surface area contributed by atoms with Crippen LogP contribution in [0.2, 0.25) is 0 Å². The van der Waals surface area contributed by atoms with E-state index in [0.717, 1.165) is 51.5 Å². The van der Waals surface area contributed by atoms with Crippen molar-refractivity contribution in [2.45, 2.75) is 64.3 Å². The number of aryl methyl sites for hydroxylation is 1. The van der Waals surface area contributed by atoms with Crippen LogP contribution in [-0.2, 0) is 19.4 Å². The van der Waals surface area contributed by atoms with E-state index in [1.165, 1.54) is 67.6 Å². The molecule has 1 aliphatic carbocycles. The van der Waals surface area contributed by atoms with Gasteiger partial charge in [-0.1, -0.05) is 49.6 Å². The predicted molar refractivity (Wildman–Crippen MR) is 125 cm³/mol. The number of hydrogen-bond donors (Lipinski definition) is 1. The molecule has 2 heterocycles. The molecule has 1 aromatic carbocycles. The van der Waals surface area contributed by atoms with Gasteiger partial charge in [0.1, 0.15) is 5.82 Å². The van der Waals surface area contributed by atoms with Gasteiger partial charge in [0.25, 0.3) is 0 Å². The number of rotatable bonds is 7. The lowest BCUT2D eigenvalue weighted by atomic mass is 10.1. The first kappa shape index (κ1) is 21.1. The van der Waals surface area contributed by atoms with Crippen LogP contribution in [-0.4, -0.2) is 48.1 Å². The topological polar surface area (TPSA) is 44.3 Å². The van der Waals surface area contributed by atoms with Crippen molar-refractivity contribution in [3.63, 3.8) is 0 Å². The molecule has 0 atom stereocenters. The Hall–Kier alpha value is -2.14. The molecule has 0 radical (unpaired) electrons. The van der Waals surface area contributed by atoms with Crippen LogP contribution in [0.15, 0.2) is 30.3 Å². The highest BCUT2D eigenvalue weighted by atomic mass is 15.2. The lowest BCUT2D eigenvalue weighted by molar-refractivity contribution is 0.340. The molecule has 0 unspecified atom stereocenters. The van der Waals surface area contributed by atoms with Crippen LogP contribution in [0.4, 0.5) is 11.8 Å². The van der Waals surface area contributed by atoms with Gasteiger partial charge >= 0.3 is 0 Å². The van der Waals surface area contributed by atoms with E-state index in [9.17, 15) is 0 Å². The van der Waals surface area contributed by atoms with E-state index >= 15 is 0 Å². The SMILES string of the molecule is CN(CCNc1nc2c(c(N3CCCCCC3)n1)CCCCC2)Cc1ccccc1. The van der Waals surface area contributed by atoms with Crippen LogP contribution in [0.5, 0.6) is 0 Å². The van der Waals surface area contributed by atoms with E-state index in [1.54, 1.807) is 0 Å². The molecule has 1 aromatic heterocycles. The minimum atomic E-state index is 0.822. The Morgan fingerprint density at radius 3 is 2.43 bits per heavy atom. The summed E-state index contributed by atoms with van der Waals surface area (Å²) >= 11 is 0. The van der Waals surface area contributed by atoms with Gasteiger partial charge in [0.15, 0.2) is 0 Å². The van der Waals surface area contributed by atoms with Gasteiger partial charge in [-0.15, -0.1) is 0 Å². The second kappa shape index (κ2) is 10.8. The largest absolute Gasteiger partial charge is 0.356 e. The number of hydrogen-bond acceptors (Lipinski definition) is 5. The molecule has 1 fully saturated rings. The molecule has 1 N–H and O–H groups in total. The summed E-state index contributed by atoms with van der Waals surface area (Å²) in [4.78, 5) is 14.9. The first-order valence-electron chi connectivity index (χ1n) is 11.9. The Morgan fingerprint density at radius 1 is 0.900 bits per heavy atom. The predicted octanol–water partition coefficient (Wildman–Crippen LogP) is 4.67. The summed E-state index contributed by atoms with van der Waals surface area (Å²) in [6.07, 6.45) is 11.3. The maximum absolute atomic E-state index is 5.06. The molecule has 0 bridgehead atoms. The molecule has 0 amide bonds. The molecule has 30 heavy (non-hydrogen) atoms. The lowest BCUT2D eigenvalue weighted by Crippen LogP contribution is -2.28. The van der Waals surface area contributed by atoms with Gasteiger partial charge in [0.05, 0.1) is 5.69 Å². The zero-order valence-electron chi connectivity index (χ0n) is 18.6. The summed E-state index contributed by atoms with van der Waals surface area (Å²) < 4.78 is 0. The highest BCUT2D eigenvalue weighted by molar-refractivity contribution is 5.53. The first-order valence-corrected chi connectivity index (χ1v) is 11.9. The van der Waals surface area contributed by atoms with Crippen LogP contribution < -0.4 is 10.2 Å². The third-order valence-corrected chi connectivity index (χ3v) is 6.39. The molecule has 5 heteroatoms. The second-order valence-electron chi connectivity index (χ2n) is 8.91. The highest BCUT2D eigenvalue weighted by Gasteiger charge is 2.21. The molecular weight excluding hydrogens is 370 g/mol. The van der Waals surface area contributed by atoms with Gasteiger partial charge in [-0.2, -0.15) is 4.98 Å². The summed E-state index contributed by atoms with van der Waals surface area (Å²) in [7, 11) is 2.18. The fourth-order valence-electron chi connectivity index (χ4n) is 4.71. The maximum Gasteiger partial charge on any atom is 0.224 e. The molecule has 2 aromatic rings. The first-order chi connectivity index (χ1) is 14.8. The number of aromatic nitrogens is 2. The third kappa shape index (κ3) is 5.72. The summed E-state index contributed by atoms with van der Waals surface area (Å²) in [6.45, 7) is 5.08. The van der Waals surface area contributed by atoms with Gasteiger partial charge in [0, 0.05) is 38.3 Å². The standard InChI is InChI=1S/C25H37N5/c1-29(20-21-12-6-4-7-13-21)19-16-26-25-27-23-15-9-5-8-14-22(23)24(28-25)30-17-10-2-3-11-18-30/h4,6-7,12-13H,2-3,5,8-11,14-20H2,1H3,(H,26,27,28). The van der Waals surface area contributed by atoms with Crippen molar-refractivity contribution in [1.82, 2.24) is 14.9 Å². The van der Waals surface area contributed by atoms with Crippen molar-refractivity contribution >= 4 is 11.8 Å². The molecule has 4 rings (SSSR count). The quantitative estimate of drug-likeness (QED) is 0.676. The number of nitrogens with one attached hydrogen (secondary N) is 1. The number of fused-ring (bicyclic) bond motifs is 1. The fraction of sp³-hybridized carbons (Fsp3) is 0.600. The summed E-state index contributed by atoms with van der Waals surface area (Å²) in [6, 6.07) is 10.7. The second-order valence-corrected chi connectivity index (χ2v) is 8.91. The molecule has 2 aliphatic rings. The van der Waals surface area contributed by atoms with E-state index in [1.807, 2.05) is 0 Å². The Balaban J connectivity index is 1.43. The van der Waals surface area contributed by atoms with Crippen molar-refractivity contribution < 1.29 is 0 Å². The maximum atomic E-state index is 5.06. The average molecular weight is 408 g/mol. The van der Waals surface area contributed by atoms with E-state index in [2.05, 4.69) is 52.5 Å². The monoisotopic (exact) mass is 407 g/mol. The minimum absolute atomic E-state index is 0.822. The molecule has 162 valence electrons. The van der Waals surface area contributed by atoms with Gasteiger partial charge in [-0.25, -0.2) is 4.98 Å². The fourth-order valence-corrected chi connectivity index (χ4v) is 4.71. The van der Waals surface area contributed by atoms with Gasteiger partial charge in [-0.3, -0.25) is 0 Å². The van der Waals surface area contributed by atoms with Crippen molar-refractivity contribution in [2.75, 3.05) is 43.4 Å². The van der Waals surface area contributed by atoms with Crippen molar-refractivity contribution in [3.8, 4) is 0 Å². The van der Waals surface area contributed by atoms with Gasteiger partial charge in [0.2, 0.25) is 5.95 Å². The molecule has 1 saturated heterocycles. The third-order valence-electron chi connectivity index (χ3n) is 6.39. The highest BCUT2D eigenvalue weighted by Crippen LogP contribution is 2.30. The number of anilines is 2. The Bertz CT molecular complexity index is 784. The van der Waals surface area contributed by atoms with Crippen LogP contribution in [0.25, 0.3) is 0 Å². The molecule has 1 aliphatic heterocycles. The number of likely N-dealkylation sites (N-methyl/N-ethyl adjacent to an activating group) is 1. The average Bonchev–Trinajstić information content (AvgIpc) is 3.17. The van der Waals surface area contributed by atoms with Crippen molar-refractivity contribution in [1.29, 1.82) is 0 Å². The number of nitrogens with zero attached hydrogens (tertiary/aromatic N) is 4. The zero-order chi connectivity index (χ0) is 20.6. The zero-order valence-corrected chi connectivity index (χ0v) is 18.6. The Labute approximate surface area is 181 Å². The van der Waals surface area contributed by atoms with Crippen LogP contribution in [0, 0.1) is 0 Å². The van der Waals surface area contributed by atoms with Crippen molar-refractivity contribution in [2.24, 2.45) is 0 Å². The molecular formula is C25H37N5.